The Hall–Kier alpha value is -3.77. The number of para-hydroxylation sites is 2. The quantitative estimate of drug-likeness (QED) is 0.398. The molecule has 1 aliphatic heterocycles. The molecule has 1 saturated heterocycles. The molecule has 12 heteroatoms. The summed E-state index contributed by atoms with van der Waals surface area (Å²) in [7, 11) is 4.83. The molecule has 1 aliphatic rings. The predicted molar refractivity (Wildman–Crippen MR) is 134 cm³/mol. The van der Waals surface area contributed by atoms with Crippen LogP contribution >= 0.6 is 0 Å². The van der Waals surface area contributed by atoms with Gasteiger partial charge < -0.3 is 19.6 Å². The summed E-state index contributed by atoms with van der Waals surface area (Å²) in [5.41, 5.74) is 0.127. The molecule has 0 bridgehead atoms. The molecule has 0 radical (unpaired) electrons. The van der Waals surface area contributed by atoms with E-state index in [0.717, 1.165) is 21.4 Å². The van der Waals surface area contributed by atoms with Crippen LogP contribution in [0.25, 0.3) is 22.2 Å². The number of likely N-dealkylation sites (tertiary alicyclic amines) is 1. The smallest absolute Gasteiger partial charge is 0.332 e. The summed E-state index contributed by atoms with van der Waals surface area (Å²) in [5.74, 6) is 0.682. The Kier molecular flexibility index (Phi) is 5.80. The lowest BCUT2D eigenvalue weighted by Gasteiger charge is -2.43. The normalized spacial score (nSPS) is 20.6. The van der Waals surface area contributed by atoms with Gasteiger partial charge in [0, 0.05) is 20.6 Å². The Bertz CT molecular complexity index is 1540. The maximum Gasteiger partial charge on any atom is 0.332 e. The molecular formula is C24H30N8O4. The molecule has 36 heavy (non-hydrogen) atoms. The van der Waals surface area contributed by atoms with Crippen molar-refractivity contribution in [2.24, 2.45) is 14.1 Å². The van der Waals surface area contributed by atoms with Crippen molar-refractivity contribution in [1.29, 1.82) is 0 Å². The molecule has 1 aromatic carbocycles. The number of H-pyrrole nitrogens is 1. The van der Waals surface area contributed by atoms with Gasteiger partial charge in [-0.25, -0.2) is 14.8 Å². The Labute approximate surface area is 206 Å². The van der Waals surface area contributed by atoms with E-state index < -0.39 is 22.9 Å². The van der Waals surface area contributed by atoms with Crippen LogP contribution in [0, 0.1) is 0 Å². The summed E-state index contributed by atoms with van der Waals surface area (Å²) >= 11 is 0. The fourth-order valence-electron chi connectivity index (χ4n) is 5.13. The first-order chi connectivity index (χ1) is 17.1. The Balaban J connectivity index is 1.30. The third-order valence-corrected chi connectivity index (χ3v) is 7.03. The van der Waals surface area contributed by atoms with E-state index in [1.54, 1.807) is 23.4 Å². The van der Waals surface area contributed by atoms with E-state index in [2.05, 4.69) is 15.0 Å². The largest absolute Gasteiger partial charge is 0.386 e. The molecule has 4 aromatic rings. The Morgan fingerprint density at radius 1 is 1.25 bits per heavy atom. The molecule has 5 rings (SSSR count). The van der Waals surface area contributed by atoms with Crippen molar-refractivity contribution in [3.05, 3.63) is 57.3 Å². The number of aromatic amines is 1. The van der Waals surface area contributed by atoms with E-state index in [1.807, 2.05) is 36.2 Å². The SMILES string of the molecule is CN(CC(=O)N1CC[C@@H](n2cnc3c2c(=O)n(C)c(=O)n3C)[C@](C)(O)C1)Cc1nc2ccccc2[nH]1. The van der Waals surface area contributed by atoms with Crippen molar-refractivity contribution in [2.75, 3.05) is 26.7 Å². The molecule has 1 amide bonds. The molecular weight excluding hydrogens is 464 g/mol. The second-order valence-electron chi connectivity index (χ2n) is 9.88. The summed E-state index contributed by atoms with van der Waals surface area (Å²) < 4.78 is 4.00. The number of aryl methyl sites for hydroxylation is 1. The molecule has 0 spiro atoms. The zero-order chi connectivity index (χ0) is 25.8. The van der Waals surface area contributed by atoms with E-state index in [1.165, 1.54) is 17.9 Å². The van der Waals surface area contributed by atoms with Crippen molar-refractivity contribution >= 4 is 28.1 Å². The second-order valence-corrected chi connectivity index (χ2v) is 9.88. The maximum atomic E-state index is 13.1. The number of amides is 1. The molecule has 12 nitrogen and oxygen atoms in total. The summed E-state index contributed by atoms with van der Waals surface area (Å²) in [6.45, 7) is 2.85. The molecule has 0 unspecified atom stereocenters. The lowest BCUT2D eigenvalue weighted by Crippen LogP contribution is -2.55. The third kappa shape index (κ3) is 4.01. The summed E-state index contributed by atoms with van der Waals surface area (Å²) in [6.07, 6.45) is 1.92. The number of rotatable bonds is 5. The minimum absolute atomic E-state index is 0.0962. The van der Waals surface area contributed by atoms with Crippen LogP contribution < -0.4 is 11.2 Å². The topological polar surface area (TPSA) is 134 Å². The zero-order valence-electron chi connectivity index (χ0n) is 20.8. The second kappa shape index (κ2) is 8.71. The first-order valence-electron chi connectivity index (χ1n) is 11.8. The van der Waals surface area contributed by atoms with Crippen molar-refractivity contribution in [3.63, 3.8) is 0 Å². The van der Waals surface area contributed by atoms with E-state index >= 15 is 0 Å². The lowest BCUT2D eigenvalue weighted by atomic mass is 9.88. The highest BCUT2D eigenvalue weighted by molar-refractivity contribution is 5.78. The van der Waals surface area contributed by atoms with Crippen LogP contribution in [0.2, 0.25) is 0 Å². The minimum Gasteiger partial charge on any atom is -0.386 e. The van der Waals surface area contributed by atoms with Gasteiger partial charge >= 0.3 is 5.69 Å². The molecule has 2 N–H and O–H groups in total. The third-order valence-electron chi connectivity index (χ3n) is 7.03. The van der Waals surface area contributed by atoms with Crippen molar-refractivity contribution in [3.8, 4) is 0 Å². The van der Waals surface area contributed by atoms with Gasteiger partial charge in [-0.2, -0.15) is 0 Å². The zero-order valence-corrected chi connectivity index (χ0v) is 20.8. The van der Waals surface area contributed by atoms with Gasteiger partial charge in [0.25, 0.3) is 5.56 Å². The summed E-state index contributed by atoms with van der Waals surface area (Å²) in [5, 5.41) is 11.4. The van der Waals surface area contributed by atoms with Gasteiger partial charge in [0.05, 0.1) is 43.0 Å². The molecule has 2 atom stereocenters. The van der Waals surface area contributed by atoms with Crippen LogP contribution in [0.1, 0.15) is 25.2 Å². The van der Waals surface area contributed by atoms with Crippen LogP contribution in [0.4, 0.5) is 0 Å². The van der Waals surface area contributed by atoms with E-state index in [4.69, 9.17) is 0 Å². The number of fused-ring (bicyclic) bond motifs is 2. The number of aliphatic hydroxyl groups is 1. The van der Waals surface area contributed by atoms with Crippen LogP contribution in [-0.2, 0) is 25.4 Å². The van der Waals surface area contributed by atoms with Crippen LogP contribution in [0.15, 0.2) is 40.2 Å². The highest BCUT2D eigenvalue weighted by Crippen LogP contribution is 2.33. The number of β-amino-alcohol motifs (C(OH)–C–C–N with tert-alkyl or cyclic N) is 1. The first-order valence-corrected chi connectivity index (χ1v) is 11.8. The fraction of sp³-hybridized carbons (Fsp3) is 0.458. The number of aromatic nitrogens is 6. The number of nitrogens with zero attached hydrogens (tertiary/aromatic N) is 7. The maximum absolute atomic E-state index is 13.1. The van der Waals surface area contributed by atoms with Gasteiger partial charge in [-0.15, -0.1) is 0 Å². The van der Waals surface area contributed by atoms with E-state index in [-0.39, 0.29) is 30.2 Å². The molecule has 4 heterocycles. The average Bonchev–Trinajstić information content (AvgIpc) is 3.44. The number of imidazole rings is 2. The number of nitrogens with one attached hydrogen (secondary N) is 1. The van der Waals surface area contributed by atoms with Gasteiger partial charge in [-0.1, -0.05) is 12.1 Å². The number of carbonyl (C=O) groups excluding carboxylic acids is 1. The first kappa shape index (κ1) is 23.9. The molecule has 190 valence electrons. The summed E-state index contributed by atoms with van der Waals surface area (Å²) in [4.78, 5) is 53.8. The van der Waals surface area contributed by atoms with Crippen molar-refractivity contribution < 1.29 is 9.90 Å². The van der Waals surface area contributed by atoms with Crippen LogP contribution in [0.3, 0.4) is 0 Å². The fourth-order valence-corrected chi connectivity index (χ4v) is 5.13. The van der Waals surface area contributed by atoms with Gasteiger partial charge in [0.15, 0.2) is 11.2 Å². The van der Waals surface area contributed by atoms with Crippen LogP contribution in [-0.4, -0.2) is 81.7 Å². The molecule has 3 aromatic heterocycles. The average molecular weight is 495 g/mol. The molecule has 0 aliphatic carbocycles. The van der Waals surface area contributed by atoms with Gasteiger partial charge in [-0.05, 0) is 32.5 Å². The monoisotopic (exact) mass is 494 g/mol. The highest BCUT2D eigenvalue weighted by Gasteiger charge is 2.41. The molecule has 0 saturated carbocycles. The Morgan fingerprint density at radius 3 is 2.72 bits per heavy atom. The van der Waals surface area contributed by atoms with Crippen molar-refractivity contribution in [1.82, 2.24) is 38.5 Å². The van der Waals surface area contributed by atoms with Gasteiger partial charge in [0.2, 0.25) is 5.91 Å². The van der Waals surface area contributed by atoms with E-state index in [9.17, 15) is 19.5 Å². The number of benzene rings is 1. The number of hydrogen-bond acceptors (Lipinski definition) is 7. The number of piperidine rings is 1. The number of hydrogen-bond donors (Lipinski definition) is 2. The summed E-state index contributed by atoms with van der Waals surface area (Å²) in [6, 6.07) is 7.29. The molecule has 1 fully saturated rings. The van der Waals surface area contributed by atoms with Gasteiger partial charge in [0.1, 0.15) is 11.4 Å². The van der Waals surface area contributed by atoms with Gasteiger partial charge in [-0.3, -0.25) is 23.6 Å². The lowest BCUT2D eigenvalue weighted by molar-refractivity contribution is -0.141. The van der Waals surface area contributed by atoms with E-state index in [0.29, 0.717) is 19.5 Å². The number of likely N-dealkylation sites (N-methyl/N-ethyl adjacent to an activating group) is 1. The predicted octanol–water partition coefficient (Wildman–Crippen LogP) is -0.0336. The van der Waals surface area contributed by atoms with Crippen molar-refractivity contribution in [2.45, 2.75) is 31.5 Å². The standard InChI is InChI=1S/C24H30N8O4/c1-24(36)13-31(19(33)12-28(2)11-18-26-15-7-5-6-8-16(15)27-18)10-9-17(24)32-14-25-21-20(32)22(34)30(4)23(35)29(21)3/h5-8,14,17,36H,9-13H2,1-4H3,(H,26,27)/t17-,24-/m1/s1. The Morgan fingerprint density at radius 2 is 2.00 bits per heavy atom. The minimum atomic E-state index is -1.31. The van der Waals surface area contributed by atoms with Crippen LogP contribution in [0.5, 0.6) is 0 Å². The highest BCUT2D eigenvalue weighted by atomic mass is 16.3. The number of carbonyl (C=O) groups is 1.